The van der Waals surface area contributed by atoms with E-state index in [-0.39, 0.29) is 22.8 Å². The van der Waals surface area contributed by atoms with Crippen LogP contribution in [0.5, 0.6) is 5.75 Å². The van der Waals surface area contributed by atoms with Gasteiger partial charge in [-0.3, -0.25) is 5.41 Å². The van der Waals surface area contributed by atoms with Crippen molar-refractivity contribution in [2.75, 3.05) is 23.5 Å². The fourth-order valence-electron chi connectivity index (χ4n) is 2.62. The van der Waals surface area contributed by atoms with Gasteiger partial charge in [0.1, 0.15) is 5.75 Å². The summed E-state index contributed by atoms with van der Waals surface area (Å²) in [7, 11) is -1.41. The number of ether oxygens (including phenoxy) is 1. The van der Waals surface area contributed by atoms with Gasteiger partial charge in [0.05, 0.1) is 30.3 Å². The van der Waals surface area contributed by atoms with Crippen molar-refractivity contribution in [2.24, 2.45) is 0 Å². The van der Waals surface area contributed by atoms with Crippen LogP contribution in [-0.4, -0.2) is 43.5 Å². The molecule has 0 spiro atoms. The smallest absolute Gasteiger partial charge is 0.161 e. The summed E-state index contributed by atoms with van der Waals surface area (Å²) in [5.41, 5.74) is 0.770. The predicted octanol–water partition coefficient (Wildman–Crippen LogP) is 1.35. The van der Waals surface area contributed by atoms with Crippen LogP contribution in [0.2, 0.25) is 0 Å². The minimum atomic E-state index is -2.99. The first kappa shape index (κ1) is 12.8. The van der Waals surface area contributed by atoms with Crippen molar-refractivity contribution in [3.8, 4) is 5.75 Å². The molecule has 7 heteroatoms. The standard InChI is InChI=1S/C12H14N2O3S2/c1-17-10-5-3-2-4-8(10)14-9-6-19(15,16)7-11(9)18-12(14)13/h2-5,9,11,13H,6-7H2,1H3/t9-,11-/m1/s1. The number of anilines is 1. The number of nitrogens with one attached hydrogen (secondary N) is 1. The van der Waals surface area contributed by atoms with E-state index in [9.17, 15) is 8.42 Å². The monoisotopic (exact) mass is 298 g/mol. The molecule has 102 valence electrons. The SMILES string of the molecule is COc1ccccc1N1C(=N)S[C@@H]2CS(=O)(=O)C[C@H]21. The molecule has 2 saturated heterocycles. The van der Waals surface area contributed by atoms with Crippen molar-refractivity contribution in [3.05, 3.63) is 24.3 Å². The number of methoxy groups -OCH3 is 1. The zero-order chi connectivity index (χ0) is 13.6. The van der Waals surface area contributed by atoms with Crippen molar-refractivity contribution < 1.29 is 13.2 Å². The van der Waals surface area contributed by atoms with Crippen LogP contribution in [0.15, 0.2) is 24.3 Å². The van der Waals surface area contributed by atoms with Crippen molar-refractivity contribution >= 4 is 32.5 Å². The van der Waals surface area contributed by atoms with Gasteiger partial charge in [-0.15, -0.1) is 0 Å². The lowest BCUT2D eigenvalue weighted by Crippen LogP contribution is -2.37. The molecule has 0 aliphatic carbocycles. The van der Waals surface area contributed by atoms with E-state index in [2.05, 4.69) is 0 Å². The van der Waals surface area contributed by atoms with Gasteiger partial charge in [-0.25, -0.2) is 8.42 Å². The number of hydrogen-bond acceptors (Lipinski definition) is 5. The quantitative estimate of drug-likeness (QED) is 0.892. The van der Waals surface area contributed by atoms with Crippen LogP contribution < -0.4 is 9.64 Å². The highest BCUT2D eigenvalue weighted by Crippen LogP contribution is 2.42. The van der Waals surface area contributed by atoms with E-state index in [1.807, 2.05) is 24.3 Å². The number of hydrogen-bond donors (Lipinski definition) is 1. The minimum Gasteiger partial charge on any atom is -0.495 e. The molecule has 2 fully saturated rings. The number of fused-ring (bicyclic) bond motifs is 1. The summed E-state index contributed by atoms with van der Waals surface area (Å²) < 4.78 is 28.8. The van der Waals surface area contributed by atoms with Crippen LogP contribution in [0, 0.1) is 5.41 Å². The summed E-state index contributed by atoms with van der Waals surface area (Å²) in [6.07, 6.45) is 0. The Morgan fingerprint density at radius 1 is 1.37 bits per heavy atom. The average Bonchev–Trinajstić information content (AvgIpc) is 2.79. The third kappa shape index (κ3) is 2.10. The van der Waals surface area contributed by atoms with E-state index in [0.717, 1.165) is 5.69 Å². The van der Waals surface area contributed by atoms with Crippen LogP contribution in [0.3, 0.4) is 0 Å². The van der Waals surface area contributed by atoms with Crippen LogP contribution >= 0.6 is 11.8 Å². The summed E-state index contributed by atoms with van der Waals surface area (Å²) in [5, 5.41) is 8.44. The molecule has 1 aromatic carbocycles. The molecule has 19 heavy (non-hydrogen) atoms. The molecule has 2 heterocycles. The predicted molar refractivity (Wildman–Crippen MR) is 77.0 cm³/mol. The Morgan fingerprint density at radius 2 is 2.11 bits per heavy atom. The number of benzene rings is 1. The van der Waals surface area contributed by atoms with Crippen molar-refractivity contribution in [1.82, 2.24) is 0 Å². The summed E-state index contributed by atoms with van der Waals surface area (Å²) in [6.45, 7) is 0. The van der Waals surface area contributed by atoms with Crippen molar-refractivity contribution in [2.45, 2.75) is 11.3 Å². The molecular formula is C12H14N2O3S2. The third-order valence-corrected chi connectivity index (χ3v) is 6.56. The summed E-state index contributed by atoms with van der Waals surface area (Å²) in [6, 6.07) is 7.26. The number of rotatable bonds is 2. The molecule has 0 unspecified atom stereocenters. The normalized spacial score (nSPS) is 28.5. The van der Waals surface area contributed by atoms with Crippen LogP contribution in [0.1, 0.15) is 0 Å². The minimum absolute atomic E-state index is 0.0394. The van der Waals surface area contributed by atoms with Crippen LogP contribution in [0.25, 0.3) is 0 Å². The van der Waals surface area contributed by atoms with Gasteiger partial charge < -0.3 is 9.64 Å². The van der Waals surface area contributed by atoms with E-state index in [1.54, 1.807) is 12.0 Å². The van der Waals surface area contributed by atoms with Gasteiger partial charge in [-0.05, 0) is 12.1 Å². The van der Waals surface area contributed by atoms with Gasteiger partial charge in [-0.2, -0.15) is 0 Å². The molecule has 0 saturated carbocycles. The molecule has 0 aromatic heterocycles. The molecular weight excluding hydrogens is 284 g/mol. The Balaban J connectivity index is 2.02. The third-order valence-electron chi connectivity index (χ3n) is 3.43. The molecule has 1 aromatic rings. The molecule has 2 atom stereocenters. The second-order valence-corrected chi connectivity index (χ2v) is 8.03. The number of nitrogens with zero attached hydrogens (tertiary/aromatic N) is 1. The summed E-state index contributed by atoms with van der Waals surface area (Å²) in [5.74, 6) is 0.944. The van der Waals surface area contributed by atoms with Gasteiger partial charge in [0.2, 0.25) is 0 Å². The highest BCUT2D eigenvalue weighted by molar-refractivity contribution is 8.15. The van der Waals surface area contributed by atoms with Gasteiger partial charge >= 0.3 is 0 Å². The second-order valence-electron chi connectivity index (χ2n) is 4.65. The average molecular weight is 298 g/mol. The van der Waals surface area contributed by atoms with E-state index in [1.165, 1.54) is 11.8 Å². The fourth-order valence-corrected chi connectivity index (χ4v) is 6.40. The Hall–Kier alpha value is -1.21. The number of para-hydroxylation sites is 2. The number of amidine groups is 1. The highest BCUT2D eigenvalue weighted by Gasteiger charge is 2.49. The molecule has 2 aliphatic heterocycles. The van der Waals surface area contributed by atoms with E-state index < -0.39 is 9.84 Å². The maximum Gasteiger partial charge on any atom is 0.161 e. The zero-order valence-electron chi connectivity index (χ0n) is 10.4. The fraction of sp³-hybridized carbons (Fsp3) is 0.417. The van der Waals surface area contributed by atoms with E-state index >= 15 is 0 Å². The molecule has 0 bridgehead atoms. The summed E-state index contributed by atoms with van der Waals surface area (Å²) >= 11 is 1.34. The van der Waals surface area contributed by atoms with Crippen LogP contribution in [-0.2, 0) is 9.84 Å². The highest BCUT2D eigenvalue weighted by atomic mass is 32.2. The first-order valence-electron chi connectivity index (χ1n) is 5.90. The Morgan fingerprint density at radius 3 is 2.84 bits per heavy atom. The van der Waals surface area contributed by atoms with Crippen molar-refractivity contribution in [1.29, 1.82) is 5.41 Å². The lowest BCUT2D eigenvalue weighted by atomic mass is 10.2. The van der Waals surface area contributed by atoms with Crippen molar-refractivity contribution in [3.63, 3.8) is 0 Å². The lowest BCUT2D eigenvalue weighted by Gasteiger charge is -2.25. The second kappa shape index (κ2) is 4.42. The molecule has 0 amide bonds. The Kier molecular flexibility index (Phi) is 2.98. The first-order chi connectivity index (χ1) is 9.02. The van der Waals surface area contributed by atoms with Gasteiger partial charge in [0.25, 0.3) is 0 Å². The maximum absolute atomic E-state index is 11.7. The molecule has 0 radical (unpaired) electrons. The lowest BCUT2D eigenvalue weighted by molar-refractivity contribution is 0.415. The molecule has 2 aliphatic rings. The van der Waals surface area contributed by atoms with E-state index in [0.29, 0.717) is 10.9 Å². The number of sulfone groups is 1. The molecule has 1 N–H and O–H groups in total. The maximum atomic E-state index is 11.7. The van der Waals surface area contributed by atoms with Gasteiger partial charge in [-0.1, -0.05) is 23.9 Å². The molecule has 3 rings (SSSR count). The molecule has 5 nitrogen and oxygen atoms in total. The Labute approximate surface area is 116 Å². The first-order valence-corrected chi connectivity index (χ1v) is 8.60. The zero-order valence-corrected chi connectivity index (χ0v) is 12.0. The Bertz CT molecular complexity index is 630. The van der Waals surface area contributed by atoms with Gasteiger partial charge in [0.15, 0.2) is 15.0 Å². The topological polar surface area (TPSA) is 70.5 Å². The van der Waals surface area contributed by atoms with Crippen LogP contribution in [0.4, 0.5) is 5.69 Å². The largest absolute Gasteiger partial charge is 0.495 e. The number of thioether (sulfide) groups is 1. The summed E-state index contributed by atoms with van der Waals surface area (Å²) in [4.78, 5) is 1.79. The van der Waals surface area contributed by atoms with Gasteiger partial charge in [0, 0.05) is 5.25 Å². The van der Waals surface area contributed by atoms with E-state index in [4.69, 9.17) is 10.1 Å².